The van der Waals surface area contributed by atoms with Crippen molar-refractivity contribution in [3.05, 3.63) is 0 Å². The van der Waals surface area contributed by atoms with Gasteiger partial charge in [-0.2, -0.15) is 26.3 Å². The summed E-state index contributed by atoms with van der Waals surface area (Å²) >= 11 is 0. The number of ether oxygens (including phenoxy) is 6. The maximum Gasteiger partial charge on any atom is 0.443 e. The van der Waals surface area contributed by atoms with Gasteiger partial charge in [-0.25, -0.2) is 19.6 Å². The number of rotatable bonds is 7. The molecule has 308 valence electrons. The summed E-state index contributed by atoms with van der Waals surface area (Å²) in [7, 11) is 0. The second-order valence-corrected chi connectivity index (χ2v) is 17.5. The number of fused-ring (bicyclic) bond motifs is 4. The van der Waals surface area contributed by atoms with Crippen LogP contribution in [0.1, 0.15) is 92.9 Å². The molecule has 2 spiro atoms. The van der Waals surface area contributed by atoms with Crippen LogP contribution in [0, 0.1) is 47.3 Å². The van der Waals surface area contributed by atoms with Gasteiger partial charge < -0.3 is 33.7 Å². The van der Waals surface area contributed by atoms with Crippen LogP contribution in [0.25, 0.3) is 0 Å². The lowest BCUT2D eigenvalue weighted by atomic mass is 9.57. The summed E-state index contributed by atoms with van der Waals surface area (Å²) in [6.07, 6.45) is -9.09. The molecule has 8 saturated heterocycles. The van der Waals surface area contributed by atoms with E-state index >= 15 is 26.3 Å². The summed E-state index contributed by atoms with van der Waals surface area (Å²) in [6, 6.07) is 0. The first-order valence-corrected chi connectivity index (χ1v) is 19.3. The first-order chi connectivity index (χ1) is 25.2. The monoisotopic (exact) mass is 787 g/mol. The van der Waals surface area contributed by atoms with Gasteiger partial charge in [0.15, 0.2) is 23.8 Å². The van der Waals surface area contributed by atoms with Crippen molar-refractivity contribution in [1.29, 1.82) is 0 Å². The minimum absolute atomic E-state index is 0.0998. The zero-order valence-electron chi connectivity index (χ0n) is 31.3. The summed E-state index contributed by atoms with van der Waals surface area (Å²) in [5, 5.41) is 2.34. The lowest BCUT2D eigenvalue weighted by Crippen LogP contribution is -2.76. The third-order valence-corrected chi connectivity index (χ3v) is 14.5. The normalized spacial score (nSPS) is 52.5. The van der Waals surface area contributed by atoms with Gasteiger partial charge in [0.25, 0.3) is 11.6 Å². The Balaban J connectivity index is 0.959. The van der Waals surface area contributed by atoms with Gasteiger partial charge in [-0.1, -0.05) is 27.7 Å². The fraction of sp³-hybridized carbons (Fsp3) is 0.972. The van der Waals surface area contributed by atoms with E-state index in [-0.39, 0.29) is 23.7 Å². The summed E-state index contributed by atoms with van der Waals surface area (Å²) in [4.78, 5) is 36.4. The van der Waals surface area contributed by atoms with Gasteiger partial charge in [0.1, 0.15) is 6.61 Å². The van der Waals surface area contributed by atoms with Crippen molar-refractivity contribution in [2.75, 3.05) is 19.8 Å². The van der Waals surface area contributed by atoms with Gasteiger partial charge in [0, 0.05) is 43.1 Å². The summed E-state index contributed by atoms with van der Waals surface area (Å²) in [5.74, 6) is -14.4. The highest BCUT2D eigenvalue weighted by Crippen LogP contribution is 2.66. The minimum Gasteiger partial charge on any atom is -0.352 e. The molecule has 16 atom stereocenters. The Morgan fingerprint density at radius 1 is 0.630 bits per heavy atom. The van der Waals surface area contributed by atoms with Crippen molar-refractivity contribution in [3.8, 4) is 0 Å². The molecule has 2 saturated carbocycles. The van der Waals surface area contributed by atoms with Crippen molar-refractivity contribution < 1.29 is 79.1 Å². The predicted molar refractivity (Wildman–Crippen MR) is 169 cm³/mol. The molecule has 10 fully saturated rings. The predicted octanol–water partition coefficient (Wildman–Crippen LogP) is 6.42. The molecule has 1 amide bonds. The van der Waals surface area contributed by atoms with E-state index in [1.54, 1.807) is 13.8 Å². The van der Waals surface area contributed by atoms with Crippen LogP contribution in [-0.4, -0.2) is 84.9 Å². The number of carbonyl (C=O) groups is 1. The van der Waals surface area contributed by atoms with Crippen LogP contribution < -0.4 is 5.32 Å². The van der Waals surface area contributed by atoms with Crippen molar-refractivity contribution in [1.82, 2.24) is 5.32 Å². The molecule has 10 rings (SSSR count). The minimum atomic E-state index is -5.11. The first kappa shape index (κ1) is 39.5. The van der Waals surface area contributed by atoms with Crippen molar-refractivity contribution in [2.24, 2.45) is 47.3 Å². The average molecular weight is 788 g/mol. The topological polar surface area (TPSA) is 121 Å². The molecular formula is C36H51F6NO11. The number of hydrogen-bond acceptors (Lipinski definition) is 11. The fourth-order valence-corrected chi connectivity index (χ4v) is 11.6. The Morgan fingerprint density at radius 2 is 1.07 bits per heavy atom. The lowest BCUT2D eigenvalue weighted by molar-refractivity contribution is -0.598. The largest absolute Gasteiger partial charge is 0.443 e. The number of hydrogen-bond donors (Lipinski definition) is 1. The van der Waals surface area contributed by atoms with E-state index in [0.717, 1.165) is 0 Å². The van der Waals surface area contributed by atoms with Crippen molar-refractivity contribution in [2.45, 2.75) is 152 Å². The smallest absolute Gasteiger partial charge is 0.352 e. The molecule has 1 unspecified atom stereocenters. The van der Waals surface area contributed by atoms with E-state index < -0.39 is 109 Å². The molecule has 1 N–H and O–H groups in total. The highest BCUT2D eigenvalue weighted by molar-refractivity contribution is 5.77. The van der Waals surface area contributed by atoms with Crippen LogP contribution in [0.3, 0.4) is 0 Å². The maximum absolute atomic E-state index is 15.2. The zero-order valence-corrected chi connectivity index (χ0v) is 31.3. The van der Waals surface area contributed by atoms with Crippen molar-refractivity contribution in [3.63, 3.8) is 0 Å². The SMILES string of the molecule is C[C@@H]1CC[C@H]2[C@@H](C)[C@](OCC(=O)NCCO[C@@]3(C(F)(F)F)O[C@@H]4O[C@]5(C)CC[C@H]6[C@H](C)CC[C@@H]([C@H]3C)[C@@]46OO5)(C(F)(F)F)O[C@@H]3O[C@]4(C)CC[C@@H]1C32OO4. The quantitative estimate of drug-likeness (QED) is 0.175. The van der Waals surface area contributed by atoms with E-state index in [4.69, 9.17) is 48.0 Å². The maximum atomic E-state index is 15.2. The van der Waals surface area contributed by atoms with E-state index in [9.17, 15) is 4.79 Å². The average Bonchev–Trinajstić information content (AvgIpc) is 3.46. The Bertz CT molecular complexity index is 1470. The van der Waals surface area contributed by atoms with Crippen LogP contribution in [0.4, 0.5) is 26.3 Å². The van der Waals surface area contributed by atoms with Crippen LogP contribution in [0.15, 0.2) is 0 Å². The zero-order chi connectivity index (χ0) is 38.9. The van der Waals surface area contributed by atoms with Gasteiger partial charge >= 0.3 is 12.4 Å². The second-order valence-electron chi connectivity index (χ2n) is 17.5. The molecule has 4 bridgehead atoms. The Labute approximate surface area is 309 Å². The van der Waals surface area contributed by atoms with Crippen LogP contribution in [0.2, 0.25) is 0 Å². The van der Waals surface area contributed by atoms with Crippen molar-refractivity contribution >= 4 is 5.91 Å². The number of alkyl halides is 6. The molecule has 0 aromatic rings. The highest BCUT2D eigenvalue weighted by Gasteiger charge is 2.79. The molecule has 12 nitrogen and oxygen atoms in total. The second kappa shape index (κ2) is 12.8. The highest BCUT2D eigenvalue weighted by atomic mass is 19.4. The third kappa shape index (κ3) is 5.50. The van der Waals surface area contributed by atoms with E-state index in [1.165, 1.54) is 13.8 Å². The van der Waals surface area contributed by atoms with Gasteiger partial charge in [-0.3, -0.25) is 4.79 Å². The summed E-state index contributed by atoms with van der Waals surface area (Å²) in [6.45, 7) is 7.68. The molecule has 0 radical (unpaired) electrons. The number of halogens is 6. The molecule has 8 aliphatic heterocycles. The Morgan fingerprint density at radius 3 is 1.52 bits per heavy atom. The molecule has 18 heteroatoms. The molecule has 8 heterocycles. The molecule has 54 heavy (non-hydrogen) atoms. The van der Waals surface area contributed by atoms with E-state index in [1.807, 2.05) is 13.8 Å². The van der Waals surface area contributed by atoms with E-state index in [2.05, 4.69) is 5.32 Å². The van der Waals surface area contributed by atoms with Crippen LogP contribution in [0.5, 0.6) is 0 Å². The Kier molecular flexibility index (Phi) is 9.37. The van der Waals surface area contributed by atoms with Crippen LogP contribution >= 0.6 is 0 Å². The lowest BCUT2D eigenvalue weighted by Gasteiger charge is -2.62. The summed E-state index contributed by atoms with van der Waals surface area (Å²) in [5.41, 5.74) is -2.59. The van der Waals surface area contributed by atoms with Gasteiger partial charge in [0.2, 0.25) is 17.5 Å². The van der Waals surface area contributed by atoms with E-state index in [0.29, 0.717) is 51.4 Å². The number of amides is 1. The van der Waals surface area contributed by atoms with Gasteiger partial charge in [-0.05, 0) is 76.0 Å². The third-order valence-electron chi connectivity index (χ3n) is 14.5. The van der Waals surface area contributed by atoms with Gasteiger partial charge in [-0.15, -0.1) is 0 Å². The number of carbonyl (C=O) groups excluding carboxylic acids is 1. The fourth-order valence-electron chi connectivity index (χ4n) is 11.6. The molecule has 0 aromatic carbocycles. The molecule has 2 aliphatic carbocycles. The molecule has 0 aromatic heterocycles. The van der Waals surface area contributed by atoms with Crippen LogP contribution in [-0.2, 0) is 52.8 Å². The molecular weight excluding hydrogens is 736 g/mol. The standard InChI is InChI=1S/C36H51F6NO11/c1-18-7-9-24-20(3)33(35(37,38)39,49-27-31(24)22(18)11-13-29(5,47-27)51-53-31)45-16-15-43-26(44)17-46-34(36(40,41)42)21(4)25-10-8-19(2)23-12-14-30(6)48-28(50-34)32(23,25)54-52-30/h18-25,27-28H,7-17H2,1-6H3,(H,43,44)/t18-,19-,20-,21-,22+,23+,24+,25+,27+,28+,29+,30+,31-,32?,33-,34-/m1/s1. The van der Waals surface area contributed by atoms with Gasteiger partial charge in [0.05, 0.1) is 6.61 Å². The molecule has 10 aliphatic rings. The first-order valence-electron chi connectivity index (χ1n) is 19.3. The summed E-state index contributed by atoms with van der Waals surface area (Å²) < 4.78 is 126. The number of nitrogens with one attached hydrogen (secondary N) is 1. The Hall–Kier alpha value is -1.35.